The Kier molecular flexibility index (Phi) is 5.79. The van der Waals surface area contributed by atoms with Gasteiger partial charge in [-0.25, -0.2) is 0 Å². The molecule has 0 atom stereocenters. The van der Waals surface area contributed by atoms with Gasteiger partial charge in [0.1, 0.15) is 5.75 Å². The van der Waals surface area contributed by atoms with E-state index in [9.17, 15) is 0 Å². The van der Waals surface area contributed by atoms with Gasteiger partial charge in [-0.1, -0.05) is 35.9 Å². The van der Waals surface area contributed by atoms with E-state index in [0.717, 1.165) is 35.9 Å². The van der Waals surface area contributed by atoms with Crippen molar-refractivity contribution in [2.45, 2.75) is 19.9 Å². The van der Waals surface area contributed by atoms with E-state index in [2.05, 4.69) is 57.9 Å². The lowest BCUT2D eigenvalue weighted by molar-refractivity contribution is 0.409. The van der Waals surface area contributed by atoms with Crippen LogP contribution >= 0.6 is 0 Å². The predicted molar refractivity (Wildman–Crippen MR) is 108 cm³/mol. The van der Waals surface area contributed by atoms with Crippen molar-refractivity contribution in [2.24, 2.45) is 4.99 Å². The van der Waals surface area contributed by atoms with Gasteiger partial charge in [0.15, 0.2) is 5.96 Å². The molecule has 1 aromatic heterocycles. The lowest BCUT2D eigenvalue weighted by Gasteiger charge is -2.13. The number of methoxy groups -OCH3 is 1. The number of rotatable bonds is 6. The third kappa shape index (κ3) is 4.36. The molecule has 0 aliphatic rings. The second-order valence-corrected chi connectivity index (χ2v) is 6.30. The minimum atomic E-state index is 0.697. The predicted octanol–water partition coefficient (Wildman–Crippen LogP) is 3.39. The van der Waals surface area contributed by atoms with E-state index >= 15 is 0 Å². The summed E-state index contributed by atoms with van der Waals surface area (Å²) in [6.07, 6.45) is 0.873. The molecular weight excluding hydrogens is 324 g/mol. The molecule has 5 nitrogen and oxygen atoms in total. The molecule has 0 radical (unpaired) electrons. The van der Waals surface area contributed by atoms with Gasteiger partial charge in [-0.05, 0) is 42.5 Å². The average Bonchev–Trinajstić information content (AvgIpc) is 3.07. The van der Waals surface area contributed by atoms with Crippen molar-refractivity contribution in [1.29, 1.82) is 0 Å². The van der Waals surface area contributed by atoms with Crippen LogP contribution in [0.2, 0.25) is 0 Å². The van der Waals surface area contributed by atoms with E-state index in [1.165, 1.54) is 16.5 Å². The van der Waals surface area contributed by atoms with Crippen LogP contribution in [0.1, 0.15) is 16.8 Å². The van der Waals surface area contributed by atoms with Gasteiger partial charge in [-0.2, -0.15) is 0 Å². The number of para-hydroxylation sites is 1. The van der Waals surface area contributed by atoms with Gasteiger partial charge in [-0.3, -0.25) is 4.99 Å². The maximum absolute atomic E-state index is 5.44. The lowest BCUT2D eigenvalue weighted by atomic mass is 10.1. The monoisotopic (exact) mass is 350 g/mol. The minimum absolute atomic E-state index is 0.697. The van der Waals surface area contributed by atoms with Crippen LogP contribution in [0, 0.1) is 6.92 Å². The van der Waals surface area contributed by atoms with Crippen LogP contribution < -0.4 is 15.4 Å². The summed E-state index contributed by atoms with van der Waals surface area (Å²) in [7, 11) is 3.50. The van der Waals surface area contributed by atoms with Crippen LogP contribution in [0.4, 0.5) is 0 Å². The largest absolute Gasteiger partial charge is 0.496 e. The molecule has 3 aromatic rings. The second-order valence-electron chi connectivity index (χ2n) is 6.30. The molecule has 0 aliphatic carbocycles. The summed E-state index contributed by atoms with van der Waals surface area (Å²) in [6, 6.07) is 16.7. The third-order valence-corrected chi connectivity index (χ3v) is 4.38. The van der Waals surface area contributed by atoms with Crippen LogP contribution in [0.25, 0.3) is 10.9 Å². The number of guanidine groups is 1. The number of aromatic nitrogens is 1. The number of nitrogens with one attached hydrogen (secondary N) is 3. The highest BCUT2D eigenvalue weighted by Gasteiger charge is 2.05. The average molecular weight is 350 g/mol. The SMILES string of the molecule is CN=C(NCCc1cc(C)ccc1OC)NCc1cc2ccccc2[nH]1. The Morgan fingerprint density at radius 2 is 1.96 bits per heavy atom. The summed E-state index contributed by atoms with van der Waals surface area (Å²) in [6.45, 7) is 3.57. The van der Waals surface area contributed by atoms with Crippen molar-refractivity contribution in [1.82, 2.24) is 15.6 Å². The Morgan fingerprint density at radius 3 is 2.73 bits per heavy atom. The van der Waals surface area contributed by atoms with Crippen molar-refractivity contribution < 1.29 is 4.74 Å². The molecule has 5 heteroatoms. The number of hydrogen-bond donors (Lipinski definition) is 3. The van der Waals surface area contributed by atoms with E-state index in [0.29, 0.717) is 6.54 Å². The van der Waals surface area contributed by atoms with Crippen LogP contribution in [-0.4, -0.2) is 31.6 Å². The van der Waals surface area contributed by atoms with Gasteiger partial charge in [0.2, 0.25) is 0 Å². The first kappa shape index (κ1) is 17.9. The molecule has 3 N–H and O–H groups in total. The van der Waals surface area contributed by atoms with Crippen LogP contribution in [0.5, 0.6) is 5.75 Å². The second kappa shape index (κ2) is 8.43. The number of aliphatic imine (C=N–C) groups is 1. The number of fused-ring (bicyclic) bond motifs is 1. The Labute approximate surface area is 154 Å². The highest BCUT2D eigenvalue weighted by molar-refractivity contribution is 5.81. The Hall–Kier alpha value is -2.95. The molecule has 0 fully saturated rings. The van der Waals surface area contributed by atoms with Crippen LogP contribution in [0.3, 0.4) is 0 Å². The minimum Gasteiger partial charge on any atom is -0.496 e. The topological polar surface area (TPSA) is 61.4 Å². The first-order valence-corrected chi connectivity index (χ1v) is 8.84. The van der Waals surface area contributed by atoms with Crippen molar-refractivity contribution in [3.63, 3.8) is 0 Å². The fourth-order valence-electron chi connectivity index (χ4n) is 3.05. The number of H-pyrrole nitrogens is 1. The molecule has 0 aliphatic heterocycles. The van der Waals surface area contributed by atoms with Gasteiger partial charge < -0.3 is 20.4 Å². The first-order valence-electron chi connectivity index (χ1n) is 8.84. The van der Waals surface area contributed by atoms with Crippen molar-refractivity contribution >= 4 is 16.9 Å². The zero-order valence-electron chi connectivity index (χ0n) is 15.6. The molecule has 0 saturated carbocycles. The summed E-state index contributed by atoms with van der Waals surface area (Å²) in [5, 5.41) is 7.93. The van der Waals surface area contributed by atoms with E-state index in [1.807, 2.05) is 18.2 Å². The maximum atomic E-state index is 5.44. The van der Waals surface area contributed by atoms with Gasteiger partial charge in [0.25, 0.3) is 0 Å². The van der Waals surface area contributed by atoms with Crippen LogP contribution in [0.15, 0.2) is 53.5 Å². The molecular formula is C21H26N4O. The molecule has 0 saturated heterocycles. The van der Waals surface area contributed by atoms with Crippen molar-refractivity contribution in [3.8, 4) is 5.75 Å². The number of ether oxygens (including phenoxy) is 1. The number of benzene rings is 2. The lowest BCUT2D eigenvalue weighted by Crippen LogP contribution is -2.37. The van der Waals surface area contributed by atoms with Crippen molar-refractivity contribution in [3.05, 3.63) is 65.4 Å². The highest BCUT2D eigenvalue weighted by Crippen LogP contribution is 2.19. The number of aromatic amines is 1. The fourth-order valence-corrected chi connectivity index (χ4v) is 3.05. The summed E-state index contributed by atoms with van der Waals surface area (Å²) in [5.41, 5.74) is 4.72. The molecule has 3 rings (SSSR count). The zero-order valence-corrected chi connectivity index (χ0v) is 15.6. The summed E-state index contributed by atoms with van der Waals surface area (Å²) in [5.74, 6) is 1.72. The third-order valence-electron chi connectivity index (χ3n) is 4.38. The highest BCUT2D eigenvalue weighted by atomic mass is 16.5. The number of aryl methyl sites for hydroxylation is 1. The molecule has 0 unspecified atom stereocenters. The standard InChI is InChI=1S/C21H26N4O/c1-15-8-9-20(26-3)17(12-15)10-11-23-21(22-2)24-14-18-13-16-6-4-5-7-19(16)25-18/h4-9,12-13,25H,10-11,14H2,1-3H3,(H2,22,23,24). The van der Waals surface area contributed by atoms with Gasteiger partial charge >= 0.3 is 0 Å². The van der Waals surface area contributed by atoms with Gasteiger partial charge in [0.05, 0.1) is 13.7 Å². The van der Waals surface area contributed by atoms with Crippen molar-refractivity contribution in [2.75, 3.05) is 20.7 Å². The normalized spacial score (nSPS) is 11.6. The number of hydrogen-bond acceptors (Lipinski definition) is 2. The summed E-state index contributed by atoms with van der Waals surface area (Å²) < 4.78 is 5.44. The Bertz CT molecular complexity index is 865. The Morgan fingerprint density at radius 1 is 1.12 bits per heavy atom. The molecule has 26 heavy (non-hydrogen) atoms. The molecule has 1 heterocycles. The van der Waals surface area contributed by atoms with Crippen LogP contribution in [-0.2, 0) is 13.0 Å². The van der Waals surface area contributed by atoms with E-state index in [4.69, 9.17) is 4.74 Å². The molecule has 0 amide bonds. The van der Waals surface area contributed by atoms with Gasteiger partial charge in [-0.15, -0.1) is 0 Å². The summed E-state index contributed by atoms with van der Waals surface area (Å²) >= 11 is 0. The molecule has 2 aromatic carbocycles. The molecule has 136 valence electrons. The Balaban J connectivity index is 1.53. The van der Waals surface area contributed by atoms with E-state index < -0.39 is 0 Å². The summed E-state index contributed by atoms with van der Waals surface area (Å²) in [4.78, 5) is 7.71. The number of nitrogens with zero attached hydrogens (tertiary/aromatic N) is 1. The van der Waals surface area contributed by atoms with E-state index in [1.54, 1.807) is 14.2 Å². The maximum Gasteiger partial charge on any atom is 0.191 e. The smallest absolute Gasteiger partial charge is 0.191 e. The van der Waals surface area contributed by atoms with Gasteiger partial charge in [0, 0.05) is 24.8 Å². The first-order chi connectivity index (χ1) is 12.7. The van der Waals surface area contributed by atoms with E-state index in [-0.39, 0.29) is 0 Å². The zero-order chi connectivity index (χ0) is 18.4. The fraction of sp³-hybridized carbons (Fsp3) is 0.286. The molecule has 0 spiro atoms. The quantitative estimate of drug-likeness (QED) is 0.472. The molecule has 0 bridgehead atoms.